The highest BCUT2D eigenvalue weighted by Crippen LogP contribution is 2.39. The number of rotatable bonds is 3. The third-order valence-corrected chi connectivity index (χ3v) is 3.08. The Bertz CT molecular complexity index is 444. The van der Waals surface area contributed by atoms with Crippen LogP contribution >= 0.6 is 0 Å². The van der Waals surface area contributed by atoms with Crippen LogP contribution in [0.2, 0.25) is 0 Å². The molecule has 0 radical (unpaired) electrons. The van der Waals surface area contributed by atoms with E-state index in [0.717, 1.165) is 11.1 Å². The molecule has 2 heteroatoms. The molecule has 0 amide bonds. The molecule has 0 saturated carbocycles. The molecule has 1 aliphatic carbocycles. The maximum Gasteiger partial charge on any atom is 0.132 e. The van der Waals surface area contributed by atoms with Crippen molar-refractivity contribution in [2.45, 2.75) is 31.8 Å². The molecule has 1 N–H and O–H groups in total. The Labute approximate surface area is 95.6 Å². The van der Waals surface area contributed by atoms with Gasteiger partial charge in [0.15, 0.2) is 0 Å². The van der Waals surface area contributed by atoms with Crippen molar-refractivity contribution in [2.75, 3.05) is 0 Å². The summed E-state index contributed by atoms with van der Waals surface area (Å²) in [6.45, 7) is 3.24. The largest absolute Gasteiger partial charge is 0.389 e. The Morgan fingerprint density at radius 3 is 2.81 bits per heavy atom. The van der Waals surface area contributed by atoms with Gasteiger partial charge in [0.25, 0.3) is 0 Å². The summed E-state index contributed by atoms with van der Waals surface area (Å²) in [5, 5.41) is 10.4. The van der Waals surface area contributed by atoms with Crippen LogP contribution in [0.15, 0.2) is 30.3 Å². The summed E-state index contributed by atoms with van der Waals surface area (Å²) >= 11 is 0. The molecule has 0 fully saturated rings. The van der Waals surface area contributed by atoms with E-state index in [-0.39, 0.29) is 18.1 Å². The van der Waals surface area contributed by atoms with Gasteiger partial charge in [0, 0.05) is 12.3 Å². The third kappa shape index (κ3) is 1.93. The van der Waals surface area contributed by atoms with Crippen LogP contribution < -0.4 is 0 Å². The fraction of sp³-hybridized carbons (Fsp3) is 0.357. The summed E-state index contributed by atoms with van der Waals surface area (Å²) in [6.07, 6.45) is 4.18. The highest BCUT2D eigenvalue weighted by Gasteiger charge is 2.35. The lowest BCUT2D eigenvalue weighted by atomic mass is 9.82. The number of benzene rings is 1. The number of aliphatic hydroxyl groups is 1. The summed E-state index contributed by atoms with van der Waals surface area (Å²) in [4.78, 5) is 11.1. The molecule has 0 heterocycles. The van der Waals surface area contributed by atoms with Crippen LogP contribution in [0.3, 0.4) is 0 Å². The van der Waals surface area contributed by atoms with Gasteiger partial charge in [-0.05, 0) is 25.0 Å². The van der Waals surface area contributed by atoms with E-state index < -0.39 is 5.60 Å². The molecule has 2 unspecified atom stereocenters. The smallest absolute Gasteiger partial charge is 0.132 e. The molecule has 0 saturated heterocycles. The lowest BCUT2D eigenvalue weighted by molar-refractivity contribution is -0.121. The van der Waals surface area contributed by atoms with E-state index in [4.69, 9.17) is 0 Å². The van der Waals surface area contributed by atoms with Crippen LogP contribution in [0.25, 0.3) is 6.08 Å². The number of hydrogen-bond acceptors (Lipinski definition) is 2. The number of ketones is 1. The minimum Gasteiger partial charge on any atom is -0.389 e. The van der Waals surface area contributed by atoms with Crippen LogP contribution in [0.4, 0.5) is 0 Å². The minimum atomic E-state index is -0.991. The number of carbonyl (C=O) groups excluding carboxylic acids is 1. The molecule has 2 atom stereocenters. The molecule has 2 nitrogen and oxygen atoms in total. The van der Waals surface area contributed by atoms with E-state index in [1.54, 1.807) is 6.92 Å². The molecule has 1 aliphatic rings. The first-order valence-corrected chi connectivity index (χ1v) is 5.49. The van der Waals surface area contributed by atoms with E-state index in [1.807, 2.05) is 36.4 Å². The van der Waals surface area contributed by atoms with Gasteiger partial charge in [0.2, 0.25) is 0 Å². The van der Waals surface area contributed by atoms with E-state index in [2.05, 4.69) is 0 Å². The first kappa shape index (κ1) is 11.1. The fourth-order valence-electron chi connectivity index (χ4n) is 2.41. The van der Waals surface area contributed by atoms with Crippen molar-refractivity contribution in [1.29, 1.82) is 0 Å². The zero-order valence-electron chi connectivity index (χ0n) is 9.60. The monoisotopic (exact) mass is 216 g/mol. The average molecular weight is 216 g/mol. The van der Waals surface area contributed by atoms with Crippen molar-refractivity contribution in [3.05, 3.63) is 41.5 Å². The summed E-state index contributed by atoms with van der Waals surface area (Å²) in [5.41, 5.74) is 1.25. The maximum absolute atomic E-state index is 11.1. The standard InChI is InChI=1S/C14H16O2/c1-10(15)9-14(2,16)13-8-7-11-5-3-4-6-12(11)13/h3-8,13,16H,9H2,1-2H3. The molecule has 0 aromatic heterocycles. The van der Waals surface area contributed by atoms with Gasteiger partial charge in [-0.3, -0.25) is 4.79 Å². The Balaban J connectivity index is 2.31. The Morgan fingerprint density at radius 2 is 2.12 bits per heavy atom. The van der Waals surface area contributed by atoms with Crippen molar-refractivity contribution < 1.29 is 9.90 Å². The first-order valence-electron chi connectivity index (χ1n) is 5.49. The van der Waals surface area contributed by atoms with Crippen molar-refractivity contribution >= 4 is 11.9 Å². The van der Waals surface area contributed by atoms with E-state index in [0.29, 0.717) is 0 Å². The Morgan fingerprint density at radius 1 is 1.44 bits per heavy atom. The molecule has 0 aliphatic heterocycles. The quantitative estimate of drug-likeness (QED) is 0.843. The Kier molecular flexibility index (Phi) is 2.68. The van der Waals surface area contributed by atoms with Crippen molar-refractivity contribution in [3.8, 4) is 0 Å². The molecule has 0 spiro atoms. The second-order valence-electron chi connectivity index (χ2n) is 4.70. The molecular formula is C14H16O2. The average Bonchev–Trinajstić information content (AvgIpc) is 2.59. The molecule has 16 heavy (non-hydrogen) atoms. The topological polar surface area (TPSA) is 37.3 Å². The number of hydrogen-bond donors (Lipinski definition) is 1. The van der Waals surface area contributed by atoms with Crippen LogP contribution in [0.1, 0.15) is 37.3 Å². The van der Waals surface area contributed by atoms with Gasteiger partial charge in [0.05, 0.1) is 5.60 Å². The second kappa shape index (κ2) is 3.87. The predicted octanol–water partition coefficient (Wildman–Crippen LogP) is 2.53. The summed E-state index contributed by atoms with van der Waals surface area (Å²) in [7, 11) is 0. The molecule has 1 aromatic carbocycles. The van der Waals surface area contributed by atoms with Crippen molar-refractivity contribution in [1.82, 2.24) is 0 Å². The minimum absolute atomic E-state index is 0.0165. The van der Waals surface area contributed by atoms with Crippen LogP contribution in [0.5, 0.6) is 0 Å². The first-order chi connectivity index (χ1) is 7.50. The molecular weight excluding hydrogens is 200 g/mol. The molecule has 1 aromatic rings. The van der Waals surface area contributed by atoms with E-state index in [9.17, 15) is 9.90 Å². The number of carbonyl (C=O) groups is 1. The van der Waals surface area contributed by atoms with Crippen molar-refractivity contribution in [3.63, 3.8) is 0 Å². The van der Waals surface area contributed by atoms with Gasteiger partial charge in [0.1, 0.15) is 5.78 Å². The number of Topliss-reactive ketones (excluding diaryl/α,β-unsaturated/α-hetero) is 1. The summed E-state index contributed by atoms with van der Waals surface area (Å²) < 4.78 is 0. The van der Waals surface area contributed by atoms with Gasteiger partial charge in [-0.15, -0.1) is 0 Å². The molecule has 0 bridgehead atoms. The van der Waals surface area contributed by atoms with Crippen LogP contribution in [0, 0.1) is 0 Å². The van der Waals surface area contributed by atoms with E-state index in [1.165, 1.54) is 6.92 Å². The maximum atomic E-state index is 11.1. The van der Waals surface area contributed by atoms with Crippen LogP contribution in [-0.2, 0) is 4.79 Å². The third-order valence-electron chi connectivity index (χ3n) is 3.08. The SMILES string of the molecule is CC(=O)CC(C)(O)C1C=Cc2ccccc21. The predicted molar refractivity (Wildman–Crippen MR) is 64.1 cm³/mol. The van der Waals surface area contributed by atoms with Gasteiger partial charge < -0.3 is 5.11 Å². The zero-order chi connectivity index (χ0) is 11.8. The summed E-state index contributed by atoms with van der Waals surface area (Å²) in [5.74, 6) is -0.0598. The highest BCUT2D eigenvalue weighted by atomic mass is 16.3. The lowest BCUT2D eigenvalue weighted by Crippen LogP contribution is -2.33. The Hall–Kier alpha value is -1.41. The molecule has 2 rings (SSSR count). The second-order valence-corrected chi connectivity index (χ2v) is 4.70. The van der Waals surface area contributed by atoms with Crippen molar-refractivity contribution in [2.24, 2.45) is 0 Å². The number of fused-ring (bicyclic) bond motifs is 1. The zero-order valence-corrected chi connectivity index (χ0v) is 9.60. The van der Waals surface area contributed by atoms with Crippen LogP contribution in [-0.4, -0.2) is 16.5 Å². The van der Waals surface area contributed by atoms with Gasteiger partial charge in [-0.1, -0.05) is 36.4 Å². The fourth-order valence-corrected chi connectivity index (χ4v) is 2.41. The van der Waals surface area contributed by atoms with E-state index >= 15 is 0 Å². The summed E-state index contributed by atoms with van der Waals surface area (Å²) in [6, 6.07) is 7.97. The lowest BCUT2D eigenvalue weighted by Gasteiger charge is -2.29. The van der Waals surface area contributed by atoms with Gasteiger partial charge in [-0.2, -0.15) is 0 Å². The van der Waals surface area contributed by atoms with Gasteiger partial charge in [-0.25, -0.2) is 0 Å². The normalized spacial score (nSPS) is 21.6. The molecule has 84 valence electrons. The highest BCUT2D eigenvalue weighted by molar-refractivity contribution is 5.77. The van der Waals surface area contributed by atoms with Gasteiger partial charge >= 0.3 is 0 Å².